The molecule has 2 aromatic rings. The molecule has 1 aromatic heterocycles. The number of hydrogen-bond donors (Lipinski definition) is 2. The fourth-order valence-electron chi connectivity index (χ4n) is 2.34. The third kappa shape index (κ3) is 9.01. The Morgan fingerprint density at radius 2 is 1.89 bits per heavy atom. The van der Waals surface area contributed by atoms with Gasteiger partial charge in [-0.3, -0.25) is 4.99 Å². The summed E-state index contributed by atoms with van der Waals surface area (Å²) in [6.45, 7) is 7.18. The average Bonchev–Trinajstić information content (AvgIpc) is 3.12. The molecule has 156 valence electrons. The number of aromatic nitrogens is 1. The van der Waals surface area contributed by atoms with Crippen LogP contribution in [0.5, 0.6) is 0 Å². The maximum absolute atomic E-state index is 13.0. The maximum atomic E-state index is 13.0. The molecule has 0 amide bonds. The molecule has 0 spiro atoms. The molecule has 0 saturated heterocycles. The van der Waals surface area contributed by atoms with E-state index in [9.17, 15) is 4.39 Å². The van der Waals surface area contributed by atoms with Crippen molar-refractivity contribution in [1.29, 1.82) is 0 Å². The van der Waals surface area contributed by atoms with Crippen molar-refractivity contribution in [3.8, 4) is 11.5 Å². The molecule has 0 aliphatic carbocycles. The highest BCUT2D eigenvalue weighted by atomic mass is 127. The lowest BCUT2D eigenvalue weighted by Crippen LogP contribution is -2.39. The largest absolute Gasteiger partial charge is 0.444 e. The van der Waals surface area contributed by atoms with Crippen molar-refractivity contribution in [3.05, 3.63) is 42.0 Å². The summed E-state index contributed by atoms with van der Waals surface area (Å²) in [7, 11) is 1.73. The number of ether oxygens (including phenoxy) is 1. The number of aliphatic imine (C=N–C) groups is 1. The zero-order chi connectivity index (χ0) is 19.5. The number of nitrogens with zero attached hydrogens (tertiary/aromatic N) is 2. The number of oxazole rings is 1. The van der Waals surface area contributed by atoms with Gasteiger partial charge in [0.05, 0.1) is 12.3 Å². The van der Waals surface area contributed by atoms with E-state index in [0.717, 1.165) is 30.2 Å². The van der Waals surface area contributed by atoms with Crippen molar-refractivity contribution in [2.45, 2.75) is 26.7 Å². The molecule has 8 heteroatoms. The summed E-state index contributed by atoms with van der Waals surface area (Å²) >= 11 is 0. The molecule has 28 heavy (non-hydrogen) atoms. The smallest absolute Gasteiger partial charge is 0.226 e. The van der Waals surface area contributed by atoms with Gasteiger partial charge in [-0.15, -0.1) is 24.0 Å². The SMILES string of the molecule is CN=C(NCCOCCC(C)C)NCCc1coc(-c2ccc(F)cc2)n1.I. The van der Waals surface area contributed by atoms with E-state index in [1.165, 1.54) is 12.1 Å². The molecule has 2 rings (SSSR count). The Balaban J connectivity index is 0.00000392. The lowest BCUT2D eigenvalue weighted by Gasteiger charge is -2.12. The van der Waals surface area contributed by atoms with E-state index in [1.54, 1.807) is 25.4 Å². The Kier molecular flexibility index (Phi) is 11.7. The van der Waals surface area contributed by atoms with Gasteiger partial charge in [-0.25, -0.2) is 9.37 Å². The van der Waals surface area contributed by atoms with Crippen LogP contribution in [0.2, 0.25) is 0 Å². The molecule has 0 bridgehead atoms. The molecule has 1 heterocycles. The van der Waals surface area contributed by atoms with Crippen LogP contribution in [0.3, 0.4) is 0 Å². The number of rotatable bonds is 10. The highest BCUT2D eigenvalue weighted by Gasteiger charge is 2.07. The van der Waals surface area contributed by atoms with E-state index < -0.39 is 0 Å². The maximum Gasteiger partial charge on any atom is 0.226 e. The van der Waals surface area contributed by atoms with Gasteiger partial charge >= 0.3 is 0 Å². The van der Waals surface area contributed by atoms with Gasteiger partial charge in [0.2, 0.25) is 5.89 Å². The molecule has 0 radical (unpaired) electrons. The van der Waals surface area contributed by atoms with Gasteiger partial charge in [-0.2, -0.15) is 0 Å². The van der Waals surface area contributed by atoms with Crippen molar-refractivity contribution >= 4 is 29.9 Å². The highest BCUT2D eigenvalue weighted by molar-refractivity contribution is 14.0. The summed E-state index contributed by atoms with van der Waals surface area (Å²) in [6, 6.07) is 6.09. The van der Waals surface area contributed by atoms with Crippen LogP contribution in [-0.2, 0) is 11.2 Å². The lowest BCUT2D eigenvalue weighted by molar-refractivity contribution is 0.128. The monoisotopic (exact) mass is 504 g/mol. The molecule has 6 nitrogen and oxygen atoms in total. The van der Waals surface area contributed by atoms with Gasteiger partial charge in [0, 0.05) is 38.7 Å². The summed E-state index contributed by atoms with van der Waals surface area (Å²) in [5.41, 5.74) is 1.58. The Morgan fingerprint density at radius 3 is 2.57 bits per heavy atom. The number of benzene rings is 1. The first kappa shape index (κ1) is 24.4. The van der Waals surface area contributed by atoms with Gasteiger partial charge < -0.3 is 19.8 Å². The molecule has 0 fully saturated rings. The predicted molar refractivity (Wildman–Crippen MR) is 121 cm³/mol. The number of halogens is 2. The normalized spacial score (nSPS) is 11.4. The minimum atomic E-state index is -0.279. The van der Waals surface area contributed by atoms with Crippen LogP contribution in [0.4, 0.5) is 4.39 Å². The second-order valence-electron chi connectivity index (χ2n) is 6.62. The van der Waals surface area contributed by atoms with Gasteiger partial charge in [0.1, 0.15) is 12.1 Å². The molecular weight excluding hydrogens is 474 g/mol. The Morgan fingerprint density at radius 1 is 1.18 bits per heavy atom. The zero-order valence-electron chi connectivity index (χ0n) is 16.7. The first-order chi connectivity index (χ1) is 13.1. The van der Waals surface area contributed by atoms with E-state index in [1.807, 2.05) is 0 Å². The lowest BCUT2D eigenvalue weighted by atomic mass is 10.1. The molecule has 1 aromatic carbocycles. The van der Waals surface area contributed by atoms with E-state index in [0.29, 0.717) is 37.9 Å². The van der Waals surface area contributed by atoms with Crippen LogP contribution in [0.15, 0.2) is 39.9 Å². The van der Waals surface area contributed by atoms with Crippen molar-refractivity contribution in [2.75, 3.05) is 33.4 Å². The molecule has 0 aliphatic heterocycles. The van der Waals surface area contributed by atoms with E-state index in [2.05, 4.69) is 34.5 Å². The van der Waals surface area contributed by atoms with Crippen LogP contribution in [0.25, 0.3) is 11.5 Å². The zero-order valence-corrected chi connectivity index (χ0v) is 19.0. The standard InChI is InChI=1S/C20H29FN4O2.HI/c1-15(2)9-12-26-13-11-24-20(22-3)23-10-8-18-14-27-19(25-18)16-4-6-17(21)7-5-16;/h4-7,14-15H,8-13H2,1-3H3,(H2,22,23,24);1H. The molecule has 0 saturated carbocycles. The van der Waals surface area contributed by atoms with Crippen LogP contribution < -0.4 is 10.6 Å². The highest BCUT2D eigenvalue weighted by Crippen LogP contribution is 2.18. The van der Waals surface area contributed by atoms with Crippen LogP contribution >= 0.6 is 24.0 Å². The average molecular weight is 504 g/mol. The van der Waals surface area contributed by atoms with Crippen LogP contribution in [-0.4, -0.2) is 44.3 Å². The van der Waals surface area contributed by atoms with Crippen molar-refractivity contribution in [1.82, 2.24) is 15.6 Å². The Hall–Kier alpha value is -1.68. The van der Waals surface area contributed by atoms with Gasteiger partial charge in [0.25, 0.3) is 0 Å². The predicted octanol–water partition coefficient (Wildman–Crippen LogP) is 3.87. The number of hydrogen-bond acceptors (Lipinski definition) is 4. The molecular formula is C20H30FIN4O2. The van der Waals surface area contributed by atoms with Crippen molar-refractivity contribution < 1.29 is 13.5 Å². The Labute approximate surface area is 183 Å². The van der Waals surface area contributed by atoms with Crippen molar-refractivity contribution in [2.24, 2.45) is 10.9 Å². The van der Waals surface area contributed by atoms with Crippen LogP contribution in [0.1, 0.15) is 26.0 Å². The van der Waals surface area contributed by atoms with Gasteiger partial charge in [-0.05, 0) is 36.6 Å². The van der Waals surface area contributed by atoms with E-state index >= 15 is 0 Å². The molecule has 0 unspecified atom stereocenters. The minimum absolute atomic E-state index is 0. The van der Waals surface area contributed by atoms with Crippen molar-refractivity contribution in [3.63, 3.8) is 0 Å². The second kappa shape index (κ2) is 13.5. The molecule has 2 N–H and O–H groups in total. The first-order valence-electron chi connectivity index (χ1n) is 9.31. The fraction of sp³-hybridized carbons (Fsp3) is 0.500. The van der Waals surface area contributed by atoms with E-state index in [4.69, 9.17) is 9.15 Å². The molecule has 0 atom stereocenters. The summed E-state index contributed by atoms with van der Waals surface area (Å²) < 4.78 is 24.0. The molecule has 0 aliphatic rings. The second-order valence-corrected chi connectivity index (χ2v) is 6.62. The van der Waals surface area contributed by atoms with E-state index in [-0.39, 0.29) is 29.8 Å². The Bertz CT molecular complexity index is 704. The number of nitrogens with one attached hydrogen (secondary N) is 2. The third-order valence-corrected chi connectivity index (χ3v) is 3.92. The fourth-order valence-corrected chi connectivity index (χ4v) is 2.34. The quantitative estimate of drug-likeness (QED) is 0.223. The summed E-state index contributed by atoms with van der Waals surface area (Å²) in [5, 5.41) is 6.45. The van der Waals surface area contributed by atoms with Gasteiger partial charge in [0.15, 0.2) is 5.96 Å². The third-order valence-electron chi connectivity index (χ3n) is 3.92. The van der Waals surface area contributed by atoms with Gasteiger partial charge in [-0.1, -0.05) is 13.8 Å². The summed E-state index contributed by atoms with van der Waals surface area (Å²) in [4.78, 5) is 8.62. The summed E-state index contributed by atoms with van der Waals surface area (Å²) in [5.74, 6) is 1.60. The first-order valence-corrected chi connectivity index (χ1v) is 9.31. The van der Waals surface area contributed by atoms with Crippen LogP contribution in [0, 0.1) is 11.7 Å². The topological polar surface area (TPSA) is 71.7 Å². The number of guanidine groups is 1. The summed E-state index contributed by atoms with van der Waals surface area (Å²) in [6.07, 6.45) is 3.39. The minimum Gasteiger partial charge on any atom is -0.444 e.